The Bertz CT molecular complexity index is 811. The predicted molar refractivity (Wildman–Crippen MR) is 113 cm³/mol. The first-order valence-electron chi connectivity index (χ1n) is 10.4. The lowest BCUT2D eigenvalue weighted by Gasteiger charge is -2.36. The van der Waals surface area contributed by atoms with Gasteiger partial charge in [0.1, 0.15) is 5.75 Å². The minimum Gasteiger partial charge on any atom is -0.490 e. The van der Waals surface area contributed by atoms with Crippen molar-refractivity contribution >= 4 is 16.9 Å². The average molecular weight is 387 g/mol. The normalized spacial score (nSPS) is 20.4. The fraction of sp³-hybridized carbons (Fsp3) is 0.609. The zero-order chi connectivity index (χ0) is 20.3. The van der Waals surface area contributed by atoms with Crippen molar-refractivity contribution in [2.75, 3.05) is 6.54 Å². The Balaban J connectivity index is 1.61. The number of benzene rings is 1. The average Bonchev–Trinajstić information content (AvgIpc) is 2.94. The molecular weight excluding hydrogens is 352 g/mol. The number of ether oxygens (including phenoxy) is 1. The highest BCUT2D eigenvalue weighted by atomic mass is 16.5. The molecule has 28 heavy (non-hydrogen) atoms. The summed E-state index contributed by atoms with van der Waals surface area (Å²) in [6.07, 6.45) is 5.19. The molecule has 0 saturated heterocycles. The zero-order valence-electron chi connectivity index (χ0n) is 17.6. The first-order valence-corrected chi connectivity index (χ1v) is 10.4. The van der Waals surface area contributed by atoms with E-state index in [0.29, 0.717) is 24.6 Å². The fourth-order valence-electron chi connectivity index (χ4n) is 4.26. The monoisotopic (exact) mass is 386 g/mol. The number of rotatable bonds is 7. The molecule has 3 N–H and O–H groups in total. The van der Waals surface area contributed by atoms with Crippen LogP contribution < -0.4 is 10.1 Å². The van der Waals surface area contributed by atoms with Gasteiger partial charge in [0.05, 0.1) is 12.5 Å². The van der Waals surface area contributed by atoms with Crippen molar-refractivity contribution in [1.82, 2.24) is 10.3 Å². The van der Waals surface area contributed by atoms with Crippen LogP contribution in [0.5, 0.6) is 5.75 Å². The number of aromatic amines is 1. The smallest absolute Gasteiger partial charge is 0.304 e. The second-order valence-electron chi connectivity index (χ2n) is 9.21. The molecule has 5 heteroatoms. The zero-order valence-corrected chi connectivity index (χ0v) is 17.6. The number of carboxylic acid groups (broad SMARTS) is 1. The SMILES string of the molecule is Cc1c(CNCCC(=O)O)[nH]c2ccc(O[C@H]3CC[C@H](C(C)(C)C)CC3)cc12. The van der Waals surface area contributed by atoms with Crippen LogP contribution in [-0.4, -0.2) is 28.7 Å². The molecule has 0 amide bonds. The third-order valence-corrected chi connectivity index (χ3v) is 6.15. The van der Waals surface area contributed by atoms with Gasteiger partial charge in [0.2, 0.25) is 0 Å². The number of aryl methyl sites for hydroxylation is 1. The van der Waals surface area contributed by atoms with Crippen LogP contribution in [0.1, 0.15) is 64.1 Å². The van der Waals surface area contributed by atoms with Gasteiger partial charge in [0, 0.05) is 29.7 Å². The maximum atomic E-state index is 10.6. The minimum atomic E-state index is -0.779. The summed E-state index contributed by atoms with van der Waals surface area (Å²) in [5, 5.41) is 13.1. The molecule has 0 bridgehead atoms. The number of carbonyl (C=O) groups is 1. The van der Waals surface area contributed by atoms with E-state index in [0.717, 1.165) is 35.7 Å². The number of H-pyrrole nitrogens is 1. The number of hydrogen-bond acceptors (Lipinski definition) is 3. The summed E-state index contributed by atoms with van der Waals surface area (Å²) in [4.78, 5) is 14.1. The molecule has 5 nitrogen and oxygen atoms in total. The van der Waals surface area contributed by atoms with E-state index in [2.05, 4.69) is 56.2 Å². The van der Waals surface area contributed by atoms with Gasteiger partial charge in [-0.25, -0.2) is 0 Å². The predicted octanol–water partition coefficient (Wildman–Crippen LogP) is 5.02. The third-order valence-electron chi connectivity index (χ3n) is 6.15. The molecule has 0 radical (unpaired) electrons. The van der Waals surface area contributed by atoms with Gasteiger partial charge < -0.3 is 20.1 Å². The Morgan fingerprint density at radius 1 is 1.25 bits per heavy atom. The van der Waals surface area contributed by atoms with Gasteiger partial charge in [-0.05, 0) is 67.7 Å². The minimum absolute atomic E-state index is 0.134. The number of hydrogen-bond donors (Lipinski definition) is 3. The van der Waals surface area contributed by atoms with Gasteiger partial charge in [0.15, 0.2) is 0 Å². The van der Waals surface area contributed by atoms with Crippen molar-refractivity contribution in [3.8, 4) is 5.75 Å². The van der Waals surface area contributed by atoms with Gasteiger partial charge >= 0.3 is 5.97 Å². The van der Waals surface area contributed by atoms with Crippen LogP contribution in [0.3, 0.4) is 0 Å². The lowest BCUT2D eigenvalue weighted by atomic mass is 9.72. The van der Waals surface area contributed by atoms with Gasteiger partial charge in [-0.1, -0.05) is 20.8 Å². The van der Waals surface area contributed by atoms with Crippen molar-refractivity contribution in [2.24, 2.45) is 11.3 Å². The van der Waals surface area contributed by atoms with E-state index in [1.807, 2.05) is 0 Å². The summed E-state index contributed by atoms with van der Waals surface area (Å²) in [6, 6.07) is 6.27. The number of carboxylic acids is 1. The Hall–Kier alpha value is -2.01. The van der Waals surface area contributed by atoms with Crippen molar-refractivity contribution in [3.63, 3.8) is 0 Å². The van der Waals surface area contributed by atoms with E-state index in [1.165, 1.54) is 23.8 Å². The molecule has 154 valence electrons. The number of aliphatic carboxylic acids is 1. The second-order valence-corrected chi connectivity index (χ2v) is 9.21. The van der Waals surface area contributed by atoms with Crippen LogP contribution in [0.2, 0.25) is 0 Å². The van der Waals surface area contributed by atoms with Crippen molar-refractivity contribution in [2.45, 2.75) is 72.4 Å². The summed E-state index contributed by atoms with van der Waals surface area (Å²) < 4.78 is 6.32. The van der Waals surface area contributed by atoms with Crippen molar-refractivity contribution in [1.29, 1.82) is 0 Å². The lowest BCUT2D eigenvalue weighted by Crippen LogP contribution is -2.30. The molecule has 2 aromatic rings. The van der Waals surface area contributed by atoms with Crippen LogP contribution in [0.15, 0.2) is 18.2 Å². The van der Waals surface area contributed by atoms with E-state index < -0.39 is 5.97 Å². The van der Waals surface area contributed by atoms with Gasteiger partial charge in [0.25, 0.3) is 0 Å². The second kappa shape index (κ2) is 8.56. The Morgan fingerprint density at radius 2 is 1.96 bits per heavy atom. The first kappa shape index (κ1) is 20.7. The molecule has 1 aliphatic rings. The van der Waals surface area contributed by atoms with E-state index in [4.69, 9.17) is 9.84 Å². The summed E-state index contributed by atoms with van der Waals surface area (Å²) in [7, 11) is 0. The van der Waals surface area contributed by atoms with Crippen LogP contribution in [0.4, 0.5) is 0 Å². The van der Waals surface area contributed by atoms with E-state index in [1.54, 1.807) is 0 Å². The van der Waals surface area contributed by atoms with E-state index in [-0.39, 0.29) is 6.42 Å². The summed E-state index contributed by atoms with van der Waals surface area (Å²) in [6.45, 7) is 10.2. The Kier molecular flexibility index (Phi) is 6.33. The molecule has 1 aromatic heterocycles. The van der Waals surface area contributed by atoms with Gasteiger partial charge in [-0.15, -0.1) is 0 Å². The maximum absolute atomic E-state index is 10.6. The molecule has 1 saturated carbocycles. The molecule has 0 unspecified atom stereocenters. The summed E-state index contributed by atoms with van der Waals surface area (Å²) in [5.41, 5.74) is 3.78. The third kappa shape index (κ3) is 5.07. The topological polar surface area (TPSA) is 74.4 Å². The summed E-state index contributed by atoms with van der Waals surface area (Å²) >= 11 is 0. The fourth-order valence-corrected chi connectivity index (χ4v) is 4.26. The Morgan fingerprint density at radius 3 is 2.61 bits per heavy atom. The van der Waals surface area contributed by atoms with Crippen molar-refractivity contribution < 1.29 is 14.6 Å². The molecular formula is C23H34N2O3. The van der Waals surface area contributed by atoms with E-state index in [9.17, 15) is 4.79 Å². The largest absolute Gasteiger partial charge is 0.490 e. The molecule has 0 aliphatic heterocycles. The highest BCUT2D eigenvalue weighted by Crippen LogP contribution is 2.39. The standard InChI is InChI=1S/C23H34N2O3/c1-15-19-13-18(28-17-7-5-16(6-8-17)23(2,3)4)9-10-20(19)25-21(15)14-24-12-11-22(26)27/h9-10,13,16-17,24-25H,5-8,11-12,14H2,1-4H3,(H,26,27)/t16-,17-. The quantitative estimate of drug-likeness (QED) is 0.584. The highest BCUT2D eigenvalue weighted by Gasteiger charge is 2.30. The molecule has 0 spiro atoms. The molecule has 3 rings (SSSR count). The lowest BCUT2D eigenvalue weighted by molar-refractivity contribution is -0.136. The molecule has 1 heterocycles. The molecule has 1 aliphatic carbocycles. The van der Waals surface area contributed by atoms with Gasteiger partial charge in [-0.2, -0.15) is 0 Å². The Labute approximate surface area is 167 Å². The van der Waals surface area contributed by atoms with Crippen LogP contribution in [0, 0.1) is 18.3 Å². The molecule has 1 fully saturated rings. The maximum Gasteiger partial charge on any atom is 0.304 e. The number of fused-ring (bicyclic) bond motifs is 1. The first-order chi connectivity index (χ1) is 13.2. The molecule has 0 atom stereocenters. The van der Waals surface area contributed by atoms with E-state index >= 15 is 0 Å². The van der Waals surface area contributed by atoms with Crippen LogP contribution in [0.25, 0.3) is 10.9 Å². The number of aromatic nitrogens is 1. The van der Waals surface area contributed by atoms with Crippen LogP contribution >= 0.6 is 0 Å². The highest BCUT2D eigenvalue weighted by molar-refractivity contribution is 5.85. The van der Waals surface area contributed by atoms with Crippen LogP contribution in [-0.2, 0) is 11.3 Å². The summed E-state index contributed by atoms with van der Waals surface area (Å²) in [5.74, 6) is 0.955. The van der Waals surface area contributed by atoms with Gasteiger partial charge in [-0.3, -0.25) is 4.79 Å². The van der Waals surface area contributed by atoms with Crippen molar-refractivity contribution in [3.05, 3.63) is 29.5 Å². The number of nitrogens with one attached hydrogen (secondary N) is 2. The molecule has 1 aromatic carbocycles.